The number of para-hydroxylation sites is 1. The van der Waals surface area contributed by atoms with Crippen LogP contribution >= 0.6 is 7.37 Å². The molecular weight excluding hydrogens is 427 g/mol. The molecule has 168 valence electrons. The van der Waals surface area contributed by atoms with Crippen molar-refractivity contribution in [2.24, 2.45) is 0 Å². The lowest BCUT2D eigenvalue weighted by atomic mass is 10.2. The largest absolute Gasteiger partial charge is 0.378 e. The fourth-order valence-electron chi connectivity index (χ4n) is 3.69. The average molecular weight is 457 g/mol. The molecule has 4 rings (SSSR count). The summed E-state index contributed by atoms with van der Waals surface area (Å²) in [6, 6.07) is 37.4. The summed E-state index contributed by atoms with van der Waals surface area (Å²) in [4.78, 5) is 2.02. The van der Waals surface area contributed by atoms with Crippen LogP contribution in [0.25, 0.3) is 0 Å². The molecule has 0 saturated carbocycles. The highest BCUT2D eigenvalue weighted by molar-refractivity contribution is 7.67. The number of hydrogen-bond acceptors (Lipinski definition) is 4. The van der Waals surface area contributed by atoms with Gasteiger partial charge in [0.2, 0.25) is 0 Å². The van der Waals surface area contributed by atoms with Crippen LogP contribution < -0.4 is 15.5 Å². The van der Waals surface area contributed by atoms with Crippen LogP contribution in [0.2, 0.25) is 0 Å². The van der Waals surface area contributed by atoms with E-state index in [1.807, 2.05) is 134 Å². The Morgan fingerprint density at radius 3 is 1.88 bits per heavy atom. The van der Waals surface area contributed by atoms with Gasteiger partial charge >= 0.3 is 0 Å². The van der Waals surface area contributed by atoms with E-state index in [0.717, 1.165) is 22.5 Å². The molecule has 2 unspecified atom stereocenters. The molecule has 1 N–H and O–H groups in total. The van der Waals surface area contributed by atoms with Crippen LogP contribution in [0, 0.1) is 0 Å². The molecule has 0 bridgehead atoms. The van der Waals surface area contributed by atoms with Crippen LogP contribution in [0.15, 0.2) is 115 Å². The van der Waals surface area contributed by atoms with Crippen molar-refractivity contribution in [1.82, 2.24) is 0 Å². The second-order valence-corrected chi connectivity index (χ2v) is 10.6. The third-order valence-electron chi connectivity index (χ3n) is 5.52. The SMILES string of the molecule is CN(C)c1ccc(P(=O)(OCc2ccccc2)C(Nc2ccccc2)c2ccccc2)cc1. The van der Waals surface area contributed by atoms with E-state index in [2.05, 4.69) is 5.32 Å². The topological polar surface area (TPSA) is 41.6 Å². The summed E-state index contributed by atoms with van der Waals surface area (Å²) in [5.74, 6) is -0.546. The molecule has 0 fully saturated rings. The highest BCUT2D eigenvalue weighted by atomic mass is 31.2. The van der Waals surface area contributed by atoms with Crippen molar-refractivity contribution in [2.75, 3.05) is 24.3 Å². The molecule has 0 aliphatic heterocycles. The van der Waals surface area contributed by atoms with Crippen LogP contribution in [-0.4, -0.2) is 14.1 Å². The Morgan fingerprint density at radius 2 is 1.30 bits per heavy atom. The molecule has 5 heteroatoms. The van der Waals surface area contributed by atoms with E-state index in [0.29, 0.717) is 5.30 Å². The van der Waals surface area contributed by atoms with Crippen molar-refractivity contribution in [2.45, 2.75) is 12.4 Å². The minimum Gasteiger partial charge on any atom is -0.378 e. The normalized spacial score (nSPS) is 13.6. The highest BCUT2D eigenvalue weighted by Gasteiger charge is 2.38. The predicted octanol–water partition coefficient (Wildman–Crippen LogP) is 6.68. The Bertz CT molecular complexity index is 1180. The second-order valence-electron chi connectivity index (χ2n) is 8.09. The van der Waals surface area contributed by atoms with Gasteiger partial charge in [-0.1, -0.05) is 78.9 Å². The van der Waals surface area contributed by atoms with Gasteiger partial charge in [0.1, 0.15) is 5.78 Å². The number of rotatable bonds is 9. The van der Waals surface area contributed by atoms with E-state index >= 15 is 0 Å². The minimum absolute atomic E-state index is 0.257. The first-order chi connectivity index (χ1) is 16.1. The summed E-state index contributed by atoms with van der Waals surface area (Å²) in [5.41, 5.74) is 3.82. The third-order valence-corrected chi connectivity index (χ3v) is 8.16. The van der Waals surface area contributed by atoms with Crippen LogP contribution in [0.5, 0.6) is 0 Å². The summed E-state index contributed by atoms with van der Waals surface area (Å²) in [6.07, 6.45) is 0. The van der Waals surface area contributed by atoms with E-state index < -0.39 is 13.2 Å². The van der Waals surface area contributed by atoms with Crippen molar-refractivity contribution >= 4 is 24.0 Å². The molecule has 4 aromatic carbocycles. The van der Waals surface area contributed by atoms with Crippen molar-refractivity contribution in [3.63, 3.8) is 0 Å². The summed E-state index contributed by atoms with van der Waals surface area (Å²) in [7, 11) is 0.566. The zero-order valence-corrected chi connectivity index (χ0v) is 19.9. The summed E-state index contributed by atoms with van der Waals surface area (Å²) >= 11 is 0. The molecule has 0 amide bonds. The Morgan fingerprint density at radius 1 is 0.758 bits per heavy atom. The fourth-order valence-corrected chi connectivity index (χ4v) is 6.08. The van der Waals surface area contributed by atoms with Crippen LogP contribution in [0.4, 0.5) is 11.4 Å². The van der Waals surface area contributed by atoms with Gasteiger partial charge in [-0.15, -0.1) is 0 Å². The number of nitrogens with zero attached hydrogens (tertiary/aromatic N) is 1. The first-order valence-corrected chi connectivity index (χ1v) is 12.7. The lowest BCUT2D eigenvalue weighted by Crippen LogP contribution is -2.21. The maximum absolute atomic E-state index is 14.9. The molecular formula is C28H29N2O2P. The van der Waals surface area contributed by atoms with Crippen LogP contribution in [-0.2, 0) is 15.7 Å². The zero-order valence-electron chi connectivity index (χ0n) is 19.0. The van der Waals surface area contributed by atoms with Gasteiger partial charge in [0, 0.05) is 30.8 Å². The van der Waals surface area contributed by atoms with Gasteiger partial charge in [0.15, 0.2) is 0 Å². The van der Waals surface area contributed by atoms with Crippen molar-refractivity contribution in [1.29, 1.82) is 0 Å². The molecule has 0 aliphatic carbocycles. The maximum atomic E-state index is 14.9. The molecule has 0 spiro atoms. The molecule has 4 nitrogen and oxygen atoms in total. The molecule has 0 aliphatic rings. The predicted molar refractivity (Wildman–Crippen MR) is 138 cm³/mol. The standard InChI is InChI=1S/C28H29N2O2P/c1-30(2)26-18-20-27(21-19-26)33(31,32-22-23-12-6-3-7-13-23)28(24-14-8-4-9-15-24)29-25-16-10-5-11-17-25/h3-21,28-29H,22H2,1-2H3. The summed E-state index contributed by atoms with van der Waals surface area (Å²) in [5, 5.41) is 4.19. The highest BCUT2D eigenvalue weighted by Crippen LogP contribution is 2.59. The van der Waals surface area contributed by atoms with E-state index in [1.54, 1.807) is 0 Å². The molecule has 0 radical (unpaired) electrons. The first kappa shape index (κ1) is 22.8. The smallest absolute Gasteiger partial charge is 0.258 e. The maximum Gasteiger partial charge on any atom is 0.258 e. The monoisotopic (exact) mass is 456 g/mol. The Labute approximate surface area is 196 Å². The molecule has 2 atom stereocenters. The lowest BCUT2D eigenvalue weighted by molar-refractivity contribution is 0.305. The Kier molecular flexibility index (Phi) is 7.29. The van der Waals surface area contributed by atoms with E-state index in [9.17, 15) is 4.57 Å². The summed E-state index contributed by atoms with van der Waals surface area (Å²) < 4.78 is 21.2. The molecule has 0 saturated heterocycles. The van der Waals surface area contributed by atoms with Gasteiger partial charge in [0.05, 0.1) is 6.61 Å². The summed E-state index contributed by atoms with van der Waals surface area (Å²) in [6.45, 7) is 0.257. The third kappa shape index (κ3) is 5.54. The van der Waals surface area contributed by atoms with Crippen molar-refractivity contribution < 1.29 is 9.09 Å². The second kappa shape index (κ2) is 10.5. The first-order valence-electron chi connectivity index (χ1n) is 11.0. The Hall–Kier alpha value is -3.33. The lowest BCUT2D eigenvalue weighted by Gasteiger charge is -2.30. The van der Waals surface area contributed by atoms with E-state index in [1.165, 1.54) is 0 Å². The molecule has 0 heterocycles. The van der Waals surface area contributed by atoms with Crippen molar-refractivity contribution in [3.05, 3.63) is 126 Å². The molecule has 33 heavy (non-hydrogen) atoms. The number of nitrogens with one attached hydrogen (secondary N) is 1. The zero-order chi connectivity index (χ0) is 23.1. The molecule has 0 aromatic heterocycles. The van der Waals surface area contributed by atoms with E-state index in [-0.39, 0.29) is 6.61 Å². The van der Waals surface area contributed by atoms with Gasteiger partial charge in [-0.2, -0.15) is 0 Å². The average Bonchev–Trinajstić information content (AvgIpc) is 2.88. The van der Waals surface area contributed by atoms with E-state index in [4.69, 9.17) is 4.52 Å². The number of anilines is 2. The van der Waals surface area contributed by atoms with Gasteiger partial charge in [-0.05, 0) is 47.5 Å². The van der Waals surface area contributed by atoms with Gasteiger partial charge < -0.3 is 14.7 Å². The van der Waals surface area contributed by atoms with Gasteiger partial charge in [-0.25, -0.2) is 0 Å². The van der Waals surface area contributed by atoms with Crippen LogP contribution in [0.3, 0.4) is 0 Å². The minimum atomic E-state index is -3.41. The quantitative estimate of drug-likeness (QED) is 0.285. The Balaban J connectivity index is 1.79. The van der Waals surface area contributed by atoms with Gasteiger partial charge in [0.25, 0.3) is 7.37 Å². The number of benzene rings is 4. The fraction of sp³-hybridized carbons (Fsp3) is 0.143. The number of hydrogen-bond donors (Lipinski definition) is 1. The molecule has 4 aromatic rings. The van der Waals surface area contributed by atoms with Crippen LogP contribution in [0.1, 0.15) is 16.9 Å². The van der Waals surface area contributed by atoms with Crippen molar-refractivity contribution in [3.8, 4) is 0 Å². The van der Waals surface area contributed by atoms with Gasteiger partial charge in [-0.3, -0.25) is 4.57 Å².